The molecule has 2 aromatic rings. The van der Waals surface area contributed by atoms with Gasteiger partial charge in [-0.3, -0.25) is 24.5 Å². The van der Waals surface area contributed by atoms with E-state index in [0.717, 1.165) is 16.8 Å². The highest BCUT2D eigenvalue weighted by Gasteiger charge is 2.39. The van der Waals surface area contributed by atoms with Crippen molar-refractivity contribution in [3.8, 4) is 0 Å². The second-order valence-electron chi connectivity index (χ2n) is 9.58. The molecule has 0 spiro atoms. The van der Waals surface area contributed by atoms with Crippen LogP contribution >= 0.6 is 0 Å². The van der Waals surface area contributed by atoms with Gasteiger partial charge in [-0.05, 0) is 66.0 Å². The van der Waals surface area contributed by atoms with Crippen LogP contribution < -0.4 is 10.6 Å². The lowest BCUT2D eigenvalue weighted by molar-refractivity contribution is -0.137. The van der Waals surface area contributed by atoms with E-state index in [2.05, 4.69) is 29.7 Å². The molecule has 7 heteroatoms. The summed E-state index contributed by atoms with van der Waals surface area (Å²) in [5.41, 5.74) is 4.75. The van der Waals surface area contributed by atoms with E-state index in [9.17, 15) is 19.2 Å². The molecule has 2 fully saturated rings. The quantitative estimate of drug-likeness (QED) is 0.668. The predicted octanol–water partition coefficient (Wildman–Crippen LogP) is 3.07. The number of nitrogens with one attached hydrogen (secondary N) is 2. The zero-order valence-corrected chi connectivity index (χ0v) is 18.6. The number of rotatable bonds is 6. The van der Waals surface area contributed by atoms with Gasteiger partial charge in [-0.15, -0.1) is 0 Å². The van der Waals surface area contributed by atoms with Gasteiger partial charge in [0.25, 0.3) is 5.91 Å². The maximum Gasteiger partial charge on any atom is 0.255 e. The highest BCUT2D eigenvalue weighted by atomic mass is 16.2. The number of carbonyl (C=O) groups is 4. The monoisotopic (exact) mass is 445 g/mol. The van der Waals surface area contributed by atoms with Gasteiger partial charge in [-0.2, -0.15) is 0 Å². The summed E-state index contributed by atoms with van der Waals surface area (Å²) < 4.78 is 0. The van der Waals surface area contributed by atoms with E-state index in [4.69, 9.17) is 0 Å². The first-order valence-electron chi connectivity index (χ1n) is 11.5. The SMILES string of the molecule is CC1(c2ccc(NC(=O)CCc3ccc4c(c3)C(=O)N(C3CCC(=O)NC3=O)C4)cc2)CC1. The number of hydrogen-bond donors (Lipinski definition) is 2. The Kier molecular flexibility index (Phi) is 5.27. The van der Waals surface area contributed by atoms with Crippen LogP contribution in [0.15, 0.2) is 42.5 Å². The predicted molar refractivity (Wildman–Crippen MR) is 122 cm³/mol. The van der Waals surface area contributed by atoms with Crippen molar-refractivity contribution in [2.45, 2.75) is 63.5 Å². The molecular weight excluding hydrogens is 418 g/mol. The molecule has 0 radical (unpaired) electrons. The van der Waals surface area contributed by atoms with Crippen molar-refractivity contribution in [3.63, 3.8) is 0 Å². The number of piperidine rings is 1. The summed E-state index contributed by atoms with van der Waals surface area (Å²) in [7, 11) is 0. The molecule has 2 N–H and O–H groups in total. The zero-order valence-electron chi connectivity index (χ0n) is 18.6. The number of anilines is 1. The summed E-state index contributed by atoms with van der Waals surface area (Å²) in [4.78, 5) is 50.5. The smallest absolute Gasteiger partial charge is 0.255 e. The van der Waals surface area contributed by atoms with Crippen molar-refractivity contribution in [3.05, 3.63) is 64.7 Å². The molecule has 33 heavy (non-hydrogen) atoms. The van der Waals surface area contributed by atoms with Crippen molar-refractivity contribution < 1.29 is 19.2 Å². The Morgan fingerprint density at radius 2 is 1.88 bits per heavy atom. The lowest BCUT2D eigenvalue weighted by Crippen LogP contribution is -2.52. The van der Waals surface area contributed by atoms with Crippen LogP contribution in [0.3, 0.4) is 0 Å². The molecule has 5 rings (SSSR count). The highest BCUT2D eigenvalue weighted by molar-refractivity contribution is 6.05. The molecule has 0 aromatic heterocycles. The fourth-order valence-corrected chi connectivity index (χ4v) is 4.67. The van der Waals surface area contributed by atoms with Gasteiger partial charge >= 0.3 is 0 Å². The van der Waals surface area contributed by atoms with Crippen LogP contribution in [0.25, 0.3) is 0 Å². The number of imide groups is 1. The fourth-order valence-electron chi connectivity index (χ4n) is 4.67. The molecule has 7 nitrogen and oxygen atoms in total. The van der Waals surface area contributed by atoms with Crippen LogP contribution in [0.5, 0.6) is 0 Å². The van der Waals surface area contributed by atoms with E-state index >= 15 is 0 Å². The summed E-state index contributed by atoms with van der Waals surface area (Å²) in [5, 5.41) is 5.26. The van der Waals surface area contributed by atoms with E-state index in [1.54, 1.807) is 0 Å². The minimum atomic E-state index is -0.620. The van der Waals surface area contributed by atoms with Crippen LogP contribution in [0.2, 0.25) is 0 Å². The summed E-state index contributed by atoms with van der Waals surface area (Å²) in [6.07, 6.45) is 3.83. The molecule has 0 bridgehead atoms. The number of carbonyl (C=O) groups excluding carboxylic acids is 4. The third kappa shape index (κ3) is 4.27. The lowest BCUT2D eigenvalue weighted by atomic mass is 9.98. The van der Waals surface area contributed by atoms with Gasteiger partial charge in [0.2, 0.25) is 17.7 Å². The zero-order chi connectivity index (χ0) is 23.2. The summed E-state index contributed by atoms with van der Waals surface area (Å²) in [5.74, 6) is -0.981. The Hall–Kier alpha value is -3.48. The third-order valence-corrected chi connectivity index (χ3v) is 7.10. The maximum atomic E-state index is 12.9. The van der Waals surface area contributed by atoms with E-state index in [1.807, 2.05) is 30.3 Å². The van der Waals surface area contributed by atoms with Gasteiger partial charge in [-0.25, -0.2) is 0 Å². The van der Waals surface area contributed by atoms with Crippen molar-refractivity contribution in [2.75, 3.05) is 5.32 Å². The average Bonchev–Trinajstić information content (AvgIpc) is 3.47. The van der Waals surface area contributed by atoms with Crippen LogP contribution in [0.1, 0.15) is 66.1 Å². The van der Waals surface area contributed by atoms with Gasteiger partial charge in [0.1, 0.15) is 6.04 Å². The highest BCUT2D eigenvalue weighted by Crippen LogP contribution is 2.47. The summed E-state index contributed by atoms with van der Waals surface area (Å²) in [6.45, 7) is 2.61. The topological polar surface area (TPSA) is 95.6 Å². The first-order chi connectivity index (χ1) is 15.8. The molecule has 2 aromatic carbocycles. The molecule has 2 aliphatic heterocycles. The molecule has 170 valence electrons. The molecule has 1 atom stereocenters. The van der Waals surface area contributed by atoms with Crippen LogP contribution in [-0.4, -0.2) is 34.6 Å². The van der Waals surface area contributed by atoms with E-state index in [0.29, 0.717) is 36.8 Å². The van der Waals surface area contributed by atoms with E-state index < -0.39 is 11.9 Å². The Bertz CT molecular complexity index is 1150. The molecule has 3 aliphatic rings. The van der Waals surface area contributed by atoms with Gasteiger partial charge in [0.15, 0.2) is 0 Å². The van der Waals surface area contributed by atoms with Gasteiger partial charge in [0.05, 0.1) is 0 Å². The Morgan fingerprint density at radius 3 is 2.58 bits per heavy atom. The number of amides is 4. The van der Waals surface area contributed by atoms with Crippen LogP contribution in [-0.2, 0) is 32.8 Å². The lowest BCUT2D eigenvalue weighted by Gasteiger charge is -2.29. The van der Waals surface area contributed by atoms with Crippen molar-refractivity contribution in [1.82, 2.24) is 10.2 Å². The van der Waals surface area contributed by atoms with Crippen molar-refractivity contribution in [2.24, 2.45) is 0 Å². The molecular formula is C26H27N3O4. The second-order valence-corrected chi connectivity index (χ2v) is 9.58. The Morgan fingerprint density at radius 1 is 1.12 bits per heavy atom. The molecule has 1 saturated heterocycles. The Labute approximate surface area is 192 Å². The minimum Gasteiger partial charge on any atom is -0.326 e. The number of hydrogen-bond acceptors (Lipinski definition) is 4. The summed E-state index contributed by atoms with van der Waals surface area (Å²) >= 11 is 0. The van der Waals surface area contributed by atoms with E-state index in [-0.39, 0.29) is 24.1 Å². The van der Waals surface area contributed by atoms with Crippen molar-refractivity contribution >= 4 is 29.3 Å². The standard InChI is InChI=1S/C26H27N3O4/c1-26(12-13-26)18-5-7-19(8-6-18)27-22(30)10-3-16-2-4-17-15-29(25(33)20(17)14-16)21-9-11-23(31)28-24(21)32/h2,4-8,14,21H,3,9-13,15H2,1H3,(H,27,30)(H,28,31,32). The van der Waals surface area contributed by atoms with Gasteiger partial charge in [0, 0.05) is 30.6 Å². The first-order valence-corrected chi connectivity index (χ1v) is 11.5. The molecule has 2 heterocycles. The van der Waals surface area contributed by atoms with Crippen molar-refractivity contribution in [1.29, 1.82) is 0 Å². The van der Waals surface area contributed by atoms with Gasteiger partial charge < -0.3 is 10.2 Å². The van der Waals surface area contributed by atoms with Crippen LogP contribution in [0, 0.1) is 0 Å². The number of nitrogens with zero attached hydrogens (tertiary/aromatic N) is 1. The minimum absolute atomic E-state index is 0.0719. The maximum absolute atomic E-state index is 12.9. The second kappa shape index (κ2) is 8.14. The molecule has 1 aliphatic carbocycles. The number of benzene rings is 2. The average molecular weight is 446 g/mol. The largest absolute Gasteiger partial charge is 0.326 e. The number of fused-ring (bicyclic) bond motifs is 1. The Balaban J connectivity index is 1.18. The normalized spacial score (nSPS) is 20.9. The molecule has 4 amide bonds. The van der Waals surface area contributed by atoms with E-state index in [1.165, 1.54) is 23.3 Å². The number of aryl methyl sites for hydroxylation is 1. The molecule has 1 saturated carbocycles. The fraction of sp³-hybridized carbons (Fsp3) is 0.385. The third-order valence-electron chi connectivity index (χ3n) is 7.10. The molecule has 1 unspecified atom stereocenters. The van der Waals surface area contributed by atoms with Gasteiger partial charge in [-0.1, -0.05) is 31.2 Å². The van der Waals surface area contributed by atoms with Crippen LogP contribution in [0.4, 0.5) is 5.69 Å². The first kappa shape index (κ1) is 21.4. The summed E-state index contributed by atoms with van der Waals surface area (Å²) in [6, 6.07) is 13.1.